The Morgan fingerprint density at radius 2 is 1.96 bits per heavy atom. The average Bonchev–Trinajstić information content (AvgIpc) is 2.55. The van der Waals surface area contributed by atoms with E-state index in [0.29, 0.717) is 18.8 Å². The number of benzene rings is 1. The Hall–Kier alpha value is -1.99. The third-order valence-electron chi connectivity index (χ3n) is 5.10. The first kappa shape index (κ1) is 16.9. The quantitative estimate of drug-likeness (QED) is 0.475. The molecule has 1 amide bonds. The van der Waals surface area contributed by atoms with Crippen molar-refractivity contribution in [2.24, 2.45) is 0 Å². The van der Waals surface area contributed by atoms with Crippen molar-refractivity contribution in [3.63, 3.8) is 0 Å². The lowest BCUT2D eigenvalue weighted by Crippen LogP contribution is -2.56. The second-order valence-corrected chi connectivity index (χ2v) is 7.38. The molecule has 7 nitrogen and oxygen atoms in total. The molecule has 2 aliphatic heterocycles. The molecule has 0 aromatic heterocycles. The molecule has 1 fully saturated rings. The van der Waals surface area contributed by atoms with Crippen molar-refractivity contribution < 1.29 is 14.2 Å². The molecule has 1 aromatic rings. The van der Waals surface area contributed by atoms with Crippen molar-refractivity contribution in [2.45, 2.75) is 12.8 Å². The van der Waals surface area contributed by atoms with Gasteiger partial charge < -0.3 is 9.38 Å². The number of carbonyl (C=O) groups is 1. The third kappa shape index (κ3) is 3.57. The van der Waals surface area contributed by atoms with Gasteiger partial charge in [0.2, 0.25) is 5.91 Å². The van der Waals surface area contributed by atoms with E-state index >= 15 is 0 Å². The zero-order valence-electron chi connectivity index (χ0n) is 14.4. The minimum absolute atomic E-state index is 0.0451. The molecule has 0 radical (unpaired) electrons. The van der Waals surface area contributed by atoms with Crippen molar-refractivity contribution in [1.29, 1.82) is 0 Å². The Labute approximate surface area is 142 Å². The largest absolute Gasteiger partial charge is 0.326 e. The molecular formula is C17H25N4O3+. The first-order valence-electron chi connectivity index (χ1n) is 8.48. The van der Waals surface area contributed by atoms with E-state index in [-0.39, 0.29) is 11.6 Å². The van der Waals surface area contributed by atoms with Crippen LogP contribution in [0.4, 0.5) is 11.4 Å². The van der Waals surface area contributed by atoms with Crippen LogP contribution >= 0.6 is 0 Å². The number of quaternary nitrogens is 1. The number of nitrogens with zero attached hydrogens (tertiary/aromatic N) is 4. The molecule has 0 bridgehead atoms. The van der Waals surface area contributed by atoms with Crippen LogP contribution in [-0.2, 0) is 11.2 Å². The molecule has 0 spiro atoms. The van der Waals surface area contributed by atoms with Gasteiger partial charge in [0.05, 0.1) is 44.3 Å². The Morgan fingerprint density at radius 1 is 1.25 bits per heavy atom. The van der Waals surface area contributed by atoms with Gasteiger partial charge in [0.25, 0.3) is 5.69 Å². The lowest BCUT2D eigenvalue weighted by Gasteiger charge is -2.39. The number of nitro groups is 1. The maximum atomic E-state index is 12.8. The van der Waals surface area contributed by atoms with Gasteiger partial charge >= 0.3 is 0 Å². The fraction of sp³-hybridized carbons (Fsp3) is 0.588. The zero-order chi connectivity index (χ0) is 17.3. The maximum Gasteiger partial charge on any atom is 0.271 e. The van der Waals surface area contributed by atoms with Gasteiger partial charge in [0, 0.05) is 31.8 Å². The molecule has 0 atom stereocenters. The van der Waals surface area contributed by atoms with E-state index in [1.54, 1.807) is 17.0 Å². The van der Waals surface area contributed by atoms with Gasteiger partial charge in [-0.3, -0.25) is 19.8 Å². The number of anilines is 1. The summed E-state index contributed by atoms with van der Waals surface area (Å²) in [6.07, 6.45) is 1.77. The van der Waals surface area contributed by atoms with E-state index in [2.05, 4.69) is 19.0 Å². The number of aryl methyl sites for hydroxylation is 1. The van der Waals surface area contributed by atoms with E-state index in [9.17, 15) is 14.9 Å². The second-order valence-electron chi connectivity index (χ2n) is 7.38. The van der Waals surface area contributed by atoms with Crippen LogP contribution < -0.4 is 4.90 Å². The van der Waals surface area contributed by atoms with Crippen molar-refractivity contribution in [2.75, 3.05) is 58.3 Å². The number of likely N-dealkylation sites (N-methyl/N-ethyl adjacent to an activating group) is 1. The Morgan fingerprint density at radius 3 is 2.62 bits per heavy atom. The molecule has 0 unspecified atom stereocenters. The third-order valence-corrected chi connectivity index (χ3v) is 5.10. The van der Waals surface area contributed by atoms with Gasteiger partial charge in [0.1, 0.15) is 0 Å². The number of fused-ring (bicyclic) bond motifs is 1. The van der Waals surface area contributed by atoms with Crippen LogP contribution in [0.25, 0.3) is 0 Å². The zero-order valence-corrected chi connectivity index (χ0v) is 14.4. The molecule has 0 saturated carbocycles. The van der Waals surface area contributed by atoms with Crippen molar-refractivity contribution in [3.05, 3.63) is 33.9 Å². The normalized spacial score (nSPS) is 20.5. The Balaban J connectivity index is 1.73. The summed E-state index contributed by atoms with van der Waals surface area (Å²) in [4.78, 5) is 27.3. The van der Waals surface area contributed by atoms with Gasteiger partial charge in [-0.25, -0.2) is 0 Å². The van der Waals surface area contributed by atoms with Crippen LogP contribution in [0.15, 0.2) is 18.2 Å². The van der Waals surface area contributed by atoms with E-state index in [1.807, 2.05) is 0 Å². The smallest absolute Gasteiger partial charge is 0.271 e. The molecule has 1 aromatic carbocycles. The summed E-state index contributed by atoms with van der Waals surface area (Å²) in [7, 11) is 4.42. The summed E-state index contributed by atoms with van der Waals surface area (Å²) in [5.41, 5.74) is 1.79. The lowest BCUT2D eigenvalue weighted by atomic mass is 10.0. The molecule has 0 aliphatic carbocycles. The fourth-order valence-corrected chi connectivity index (χ4v) is 3.42. The van der Waals surface area contributed by atoms with Crippen LogP contribution in [-0.4, -0.2) is 73.6 Å². The Bertz CT molecular complexity index is 649. The molecule has 0 N–H and O–H groups in total. The summed E-state index contributed by atoms with van der Waals surface area (Å²) in [5.74, 6) is 0.0451. The minimum Gasteiger partial charge on any atom is -0.326 e. The summed E-state index contributed by atoms with van der Waals surface area (Å²) in [6.45, 7) is 4.93. The van der Waals surface area contributed by atoms with Gasteiger partial charge in [0.15, 0.2) is 0 Å². The van der Waals surface area contributed by atoms with Crippen LogP contribution in [0.2, 0.25) is 0 Å². The predicted octanol–water partition coefficient (Wildman–Crippen LogP) is 1.27. The number of piperazine rings is 1. The number of non-ortho nitro benzene ring substituents is 1. The molecule has 3 rings (SSSR count). The van der Waals surface area contributed by atoms with Crippen molar-refractivity contribution >= 4 is 17.3 Å². The molecule has 130 valence electrons. The lowest BCUT2D eigenvalue weighted by molar-refractivity contribution is -0.894. The number of hydrogen-bond donors (Lipinski definition) is 0. The monoisotopic (exact) mass is 333 g/mol. The molecule has 1 saturated heterocycles. The van der Waals surface area contributed by atoms with E-state index in [0.717, 1.165) is 49.1 Å². The summed E-state index contributed by atoms with van der Waals surface area (Å²) in [5, 5.41) is 11.0. The maximum absolute atomic E-state index is 12.8. The van der Waals surface area contributed by atoms with E-state index in [4.69, 9.17) is 0 Å². The van der Waals surface area contributed by atoms with Crippen LogP contribution in [0.5, 0.6) is 0 Å². The van der Waals surface area contributed by atoms with Crippen LogP contribution in [0.1, 0.15) is 12.0 Å². The van der Waals surface area contributed by atoms with Gasteiger partial charge in [-0.1, -0.05) is 6.07 Å². The molecule has 2 heterocycles. The van der Waals surface area contributed by atoms with E-state index in [1.165, 1.54) is 6.07 Å². The SMILES string of the molecule is C[N+]1(C)CCN(CC(=O)N2CCCc3ccc([N+](=O)[O-])cc32)CC1. The van der Waals surface area contributed by atoms with E-state index < -0.39 is 4.92 Å². The second kappa shape index (κ2) is 6.49. The van der Waals surface area contributed by atoms with Gasteiger partial charge in [-0.15, -0.1) is 0 Å². The average molecular weight is 333 g/mol. The number of nitro benzene ring substituents is 1. The first-order chi connectivity index (χ1) is 11.4. The minimum atomic E-state index is -0.401. The number of rotatable bonds is 3. The molecular weight excluding hydrogens is 308 g/mol. The summed E-state index contributed by atoms with van der Waals surface area (Å²) < 4.78 is 0.990. The predicted molar refractivity (Wildman–Crippen MR) is 92.1 cm³/mol. The first-order valence-corrected chi connectivity index (χ1v) is 8.48. The fourth-order valence-electron chi connectivity index (χ4n) is 3.42. The number of carbonyl (C=O) groups excluding carboxylic acids is 1. The highest BCUT2D eigenvalue weighted by Crippen LogP contribution is 2.31. The summed E-state index contributed by atoms with van der Waals surface area (Å²) >= 11 is 0. The van der Waals surface area contributed by atoms with Crippen LogP contribution in [0.3, 0.4) is 0 Å². The highest BCUT2D eigenvalue weighted by molar-refractivity contribution is 5.96. The van der Waals surface area contributed by atoms with Gasteiger partial charge in [-0.05, 0) is 18.4 Å². The number of hydrogen-bond acceptors (Lipinski definition) is 4. The topological polar surface area (TPSA) is 66.7 Å². The van der Waals surface area contributed by atoms with Crippen molar-refractivity contribution in [1.82, 2.24) is 4.90 Å². The highest BCUT2D eigenvalue weighted by Gasteiger charge is 2.29. The standard InChI is InChI=1S/C17H25N4O3/c1-21(2)10-8-18(9-11-21)13-17(22)19-7-3-4-14-5-6-15(20(23)24)12-16(14)19/h5-6,12H,3-4,7-11,13H2,1-2H3/q+1. The summed E-state index contributed by atoms with van der Waals surface area (Å²) in [6, 6.07) is 4.86. The molecule has 7 heteroatoms. The Kier molecular flexibility index (Phi) is 4.56. The van der Waals surface area contributed by atoms with Gasteiger partial charge in [-0.2, -0.15) is 0 Å². The number of amides is 1. The molecule has 2 aliphatic rings. The molecule has 24 heavy (non-hydrogen) atoms. The van der Waals surface area contributed by atoms with Crippen molar-refractivity contribution in [3.8, 4) is 0 Å². The highest BCUT2D eigenvalue weighted by atomic mass is 16.6. The van der Waals surface area contributed by atoms with Crippen LogP contribution in [0, 0.1) is 10.1 Å².